The maximum atomic E-state index is 12.1. The molecule has 1 rings (SSSR count). The Morgan fingerprint density at radius 3 is 2.69 bits per heavy atom. The predicted molar refractivity (Wildman–Crippen MR) is 60.1 cm³/mol. The SMILES string of the molecule is CCCC1(C(=O)N[C@@H](C)C(=O)O)CCNC1. The molecule has 0 saturated carbocycles. The average Bonchev–Trinajstić information content (AvgIpc) is 2.68. The Bertz CT molecular complexity index is 272. The monoisotopic (exact) mass is 228 g/mol. The van der Waals surface area contributed by atoms with Crippen LogP contribution in [-0.2, 0) is 9.59 Å². The largest absolute Gasteiger partial charge is 0.480 e. The molecule has 5 nitrogen and oxygen atoms in total. The smallest absolute Gasteiger partial charge is 0.325 e. The van der Waals surface area contributed by atoms with Gasteiger partial charge in [0.1, 0.15) is 6.04 Å². The second-order valence-corrected chi connectivity index (χ2v) is 4.49. The van der Waals surface area contributed by atoms with E-state index in [9.17, 15) is 9.59 Å². The zero-order valence-electron chi connectivity index (χ0n) is 9.88. The van der Waals surface area contributed by atoms with E-state index in [-0.39, 0.29) is 5.91 Å². The molecule has 1 heterocycles. The minimum atomic E-state index is -0.994. The molecule has 0 aromatic heterocycles. The Labute approximate surface area is 95.6 Å². The van der Waals surface area contributed by atoms with Gasteiger partial charge in [-0.1, -0.05) is 13.3 Å². The van der Waals surface area contributed by atoms with Crippen LogP contribution in [0.5, 0.6) is 0 Å². The van der Waals surface area contributed by atoms with Crippen molar-refractivity contribution in [3.63, 3.8) is 0 Å². The summed E-state index contributed by atoms with van der Waals surface area (Å²) in [4.78, 5) is 22.7. The number of aliphatic carboxylic acids is 1. The quantitative estimate of drug-likeness (QED) is 0.634. The van der Waals surface area contributed by atoms with Crippen LogP contribution in [0.15, 0.2) is 0 Å². The van der Waals surface area contributed by atoms with Crippen molar-refractivity contribution in [3.05, 3.63) is 0 Å². The summed E-state index contributed by atoms with van der Waals surface area (Å²) in [5.41, 5.74) is -0.404. The van der Waals surface area contributed by atoms with E-state index in [2.05, 4.69) is 10.6 Å². The molecule has 5 heteroatoms. The van der Waals surface area contributed by atoms with Crippen LogP contribution >= 0.6 is 0 Å². The van der Waals surface area contributed by atoms with E-state index < -0.39 is 17.4 Å². The van der Waals surface area contributed by atoms with Crippen LogP contribution in [-0.4, -0.2) is 36.1 Å². The zero-order chi connectivity index (χ0) is 12.2. The number of carboxylic acids is 1. The standard InChI is InChI=1S/C11H20N2O3/c1-3-4-11(5-6-12-7-11)10(16)13-8(2)9(14)15/h8,12H,3-7H2,1-2H3,(H,13,16)(H,14,15)/t8-,11?/m0/s1. The fourth-order valence-corrected chi connectivity index (χ4v) is 2.15. The topological polar surface area (TPSA) is 78.4 Å². The number of carboxylic acid groups (broad SMARTS) is 1. The van der Waals surface area contributed by atoms with Gasteiger partial charge in [0.05, 0.1) is 5.41 Å². The predicted octanol–water partition coefficient (Wildman–Crippen LogP) is 0.356. The number of nitrogens with one attached hydrogen (secondary N) is 2. The normalized spacial score (nSPS) is 26.4. The first-order valence-electron chi connectivity index (χ1n) is 5.76. The van der Waals surface area contributed by atoms with Gasteiger partial charge in [-0.15, -0.1) is 0 Å². The number of hydrogen-bond donors (Lipinski definition) is 3. The van der Waals surface area contributed by atoms with Crippen LogP contribution in [0, 0.1) is 5.41 Å². The number of carbonyl (C=O) groups excluding carboxylic acids is 1. The van der Waals surface area contributed by atoms with Gasteiger partial charge in [-0.2, -0.15) is 0 Å². The molecule has 0 radical (unpaired) electrons. The molecule has 1 fully saturated rings. The lowest BCUT2D eigenvalue weighted by atomic mass is 9.81. The summed E-state index contributed by atoms with van der Waals surface area (Å²) in [5, 5.41) is 14.5. The minimum absolute atomic E-state index is 0.130. The van der Waals surface area contributed by atoms with Gasteiger partial charge in [-0.25, -0.2) is 0 Å². The van der Waals surface area contributed by atoms with Gasteiger partial charge in [0.2, 0.25) is 5.91 Å². The van der Waals surface area contributed by atoms with Crippen LogP contribution in [0.25, 0.3) is 0 Å². The molecule has 16 heavy (non-hydrogen) atoms. The van der Waals surface area contributed by atoms with E-state index in [1.165, 1.54) is 6.92 Å². The van der Waals surface area contributed by atoms with E-state index in [0.29, 0.717) is 6.54 Å². The average molecular weight is 228 g/mol. The molecule has 0 aliphatic carbocycles. The van der Waals surface area contributed by atoms with Gasteiger partial charge < -0.3 is 15.7 Å². The third kappa shape index (κ3) is 2.72. The molecule has 1 aliphatic rings. The Morgan fingerprint density at radius 2 is 2.25 bits per heavy atom. The second kappa shape index (κ2) is 5.30. The van der Waals surface area contributed by atoms with Crippen molar-refractivity contribution in [1.29, 1.82) is 0 Å². The van der Waals surface area contributed by atoms with Crippen LogP contribution in [0.1, 0.15) is 33.1 Å². The fourth-order valence-electron chi connectivity index (χ4n) is 2.15. The van der Waals surface area contributed by atoms with E-state index in [0.717, 1.165) is 25.8 Å². The molecule has 3 N–H and O–H groups in total. The first kappa shape index (κ1) is 13.0. The lowest BCUT2D eigenvalue weighted by Crippen LogP contribution is -2.48. The third-order valence-electron chi connectivity index (χ3n) is 3.17. The Hall–Kier alpha value is -1.10. The number of rotatable bonds is 5. The van der Waals surface area contributed by atoms with Crippen LogP contribution in [0.2, 0.25) is 0 Å². The molecular weight excluding hydrogens is 208 g/mol. The van der Waals surface area contributed by atoms with Crippen LogP contribution < -0.4 is 10.6 Å². The summed E-state index contributed by atoms with van der Waals surface area (Å²) >= 11 is 0. The van der Waals surface area contributed by atoms with Crippen molar-refractivity contribution >= 4 is 11.9 Å². The number of amides is 1. The van der Waals surface area contributed by atoms with Gasteiger partial charge >= 0.3 is 5.97 Å². The molecular formula is C11H20N2O3. The van der Waals surface area contributed by atoms with E-state index >= 15 is 0 Å². The summed E-state index contributed by atoms with van der Waals surface area (Å²) in [6.07, 6.45) is 2.52. The molecule has 0 aromatic rings. The number of carbonyl (C=O) groups is 2. The van der Waals surface area contributed by atoms with Crippen molar-refractivity contribution < 1.29 is 14.7 Å². The van der Waals surface area contributed by atoms with Gasteiger partial charge in [0.15, 0.2) is 0 Å². The highest BCUT2D eigenvalue weighted by molar-refractivity contribution is 5.87. The van der Waals surface area contributed by atoms with E-state index in [1.807, 2.05) is 6.92 Å². The summed E-state index contributed by atoms with van der Waals surface area (Å²) in [6, 6.07) is -0.818. The minimum Gasteiger partial charge on any atom is -0.480 e. The van der Waals surface area contributed by atoms with E-state index in [4.69, 9.17) is 5.11 Å². The Balaban J connectivity index is 2.65. The summed E-state index contributed by atoms with van der Waals surface area (Å²) in [5.74, 6) is -1.12. The summed E-state index contributed by atoms with van der Waals surface area (Å²) in [6.45, 7) is 5.00. The third-order valence-corrected chi connectivity index (χ3v) is 3.17. The van der Waals surface area contributed by atoms with Gasteiger partial charge in [0, 0.05) is 6.54 Å². The maximum Gasteiger partial charge on any atom is 0.325 e. The van der Waals surface area contributed by atoms with Crippen molar-refractivity contribution in [3.8, 4) is 0 Å². The number of hydrogen-bond acceptors (Lipinski definition) is 3. The molecule has 1 aliphatic heterocycles. The lowest BCUT2D eigenvalue weighted by Gasteiger charge is -2.27. The van der Waals surface area contributed by atoms with Gasteiger partial charge in [-0.3, -0.25) is 9.59 Å². The molecule has 0 spiro atoms. The highest BCUT2D eigenvalue weighted by atomic mass is 16.4. The molecule has 1 amide bonds. The first-order valence-corrected chi connectivity index (χ1v) is 5.76. The molecule has 2 atom stereocenters. The summed E-state index contributed by atoms with van der Waals surface area (Å²) in [7, 11) is 0. The van der Waals surface area contributed by atoms with Gasteiger partial charge in [0.25, 0.3) is 0 Å². The second-order valence-electron chi connectivity index (χ2n) is 4.49. The van der Waals surface area contributed by atoms with Crippen LogP contribution in [0.4, 0.5) is 0 Å². The van der Waals surface area contributed by atoms with Crippen LogP contribution in [0.3, 0.4) is 0 Å². The highest BCUT2D eigenvalue weighted by Crippen LogP contribution is 2.31. The first-order chi connectivity index (χ1) is 7.52. The maximum absolute atomic E-state index is 12.1. The lowest BCUT2D eigenvalue weighted by molar-refractivity contribution is -0.143. The molecule has 1 saturated heterocycles. The fraction of sp³-hybridized carbons (Fsp3) is 0.818. The summed E-state index contributed by atoms with van der Waals surface area (Å²) < 4.78 is 0. The molecule has 1 unspecified atom stereocenters. The van der Waals surface area contributed by atoms with Crippen molar-refractivity contribution in [2.24, 2.45) is 5.41 Å². The Kier molecular flexibility index (Phi) is 4.29. The van der Waals surface area contributed by atoms with Crippen molar-refractivity contribution in [2.75, 3.05) is 13.1 Å². The van der Waals surface area contributed by atoms with Crippen molar-refractivity contribution in [1.82, 2.24) is 10.6 Å². The van der Waals surface area contributed by atoms with Crippen molar-refractivity contribution in [2.45, 2.75) is 39.2 Å². The molecule has 0 aromatic carbocycles. The molecule has 92 valence electrons. The van der Waals surface area contributed by atoms with E-state index in [1.54, 1.807) is 0 Å². The Morgan fingerprint density at radius 1 is 1.56 bits per heavy atom. The zero-order valence-corrected chi connectivity index (χ0v) is 9.88. The van der Waals surface area contributed by atoms with Gasteiger partial charge in [-0.05, 0) is 26.3 Å². The molecule has 0 bridgehead atoms. The highest BCUT2D eigenvalue weighted by Gasteiger charge is 2.40.